The fraction of sp³-hybridized carbons (Fsp3) is 0.158. The molecular formula is C19H17NO3S. The lowest BCUT2D eigenvalue weighted by Gasteiger charge is -2.08. The van der Waals surface area contributed by atoms with Gasteiger partial charge in [0.2, 0.25) is 0 Å². The Morgan fingerprint density at radius 1 is 1.04 bits per heavy atom. The topological polar surface area (TPSA) is 48.3 Å². The Labute approximate surface area is 144 Å². The molecule has 0 radical (unpaired) electrons. The van der Waals surface area contributed by atoms with E-state index in [4.69, 9.17) is 4.74 Å². The molecule has 1 aromatic heterocycles. The first-order chi connectivity index (χ1) is 11.7. The normalized spacial score (nSPS) is 10.8. The fourth-order valence-corrected chi connectivity index (χ4v) is 3.47. The molecular weight excluding hydrogens is 322 g/mol. The number of hydrogen-bond acceptors (Lipinski definition) is 4. The van der Waals surface area contributed by atoms with Gasteiger partial charge in [0, 0.05) is 16.5 Å². The molecule has 0 aliphatic carbocycles. The van der Waals surface area contributed by atoms with Gasteiger partial charge >= 0.3 is 5.97 Å². The molecule has 1 heterocycles. The fourth-order valence-electron chi connectivity index (χ4n) is 2.67. The number of aromatic nitrogens is 1. The van der Waals surface area contributed by atoms with Crippen molar-refractivity contribution in [3.05, 3.63) is 65.9 Å². The van der Waals surface area contributed by atoms with Crippen molar-refractivity contribution in [3.8, 4) is 0 Å². The lowest BCUT2D eigenvalue weighted by molar-refractivity contribution is 0.0603. The highest BCUT2D eigenvalue weighted by molar-refractivity contribution is 7.99. The first-order valence-electron chi connectivity index (χ1n) is 7.62. The standard InChI is InChI=1S/C19H17NO3S/c1-3-24-17-11-7-5-9-14(17)18(21)20-12-15(19(22)23-2)13-8-4-6-10-16(13)20/h4-12H,3H2,1-2H3. The highest BCUT2D eigenvalue weighted by Gasteiger charge is 2.20. The van der Waals surface area contributed by atoms with E-state index in [1.54, 1.807) is 18.0 Å². The van der Waals surface area contributed by atoms with E-state index in [1.165, 1.54) is 11.7 Å². The molecule has 5 heteroatoms. The highest BCUT2D eigenvalue weighted by Crippen LogP contribution is 2.27. The van der Waals surface area contributed by atoms with E-state index >= 15 is 0 Å². The van der Waals surface area contributed by atoms with Gasteiger partial charge in [0.05, 0.1) is 23.8 Å². The van der Waals surface area contributed by atoms with Crippen LogP contribution in [0.15, 0.2) is 59.6 Å². The van der Waals surface area contributed by atoms with Crippen molar-refractivity contribution in [2.75, 3.05) is 12.9 Å². The van der Waals surface area contributed by atoms with Gasteiger partial charge in [0.15, 0.2) is 0 Å². The van der Waals surface area contributed by atoms with Gasteiger partial charge in [0.1, 0.15) is 0 Å². The van der Waals surface area contributed by atoms with Gasteiger partial charge in [-0.2, -0.15) is 0 Å². The number of rotatable bonds is 4. The second-order valence-corrected chi connectivity index (χ2v) is 6.46. The smallest absolute Gasteiger partial charge is 0.340 e. The number of nitrogens with zero attached hydrogens (tertiary/aromatic N) is 1. The molecule has 0 amide bonds. The number of fused-ring (bicyclic) bond motifs is 1. The van der Waals surface area contributed by atoms with Crippen molar-refractivity contribution in [1.82, 2.24) is 4.57 Å². The van der Waals surface area contributed by atoms with Crippen LogP contribution in [-0.2, 0) is 4.74 Å². The van der Waals surface area contributed by atoms with Gasteiger partial charge in [-0.1, -0.05) is 37.3 Å². The Hall–Kier alpha value is -2.53. The number of carbonyl (C=O) groups excluding carboxylic acids is 2. The van der Waals surface area contributed by atoms with Crippen LogP contribution in [0.5, 0.6) is 0 Å². The number of hydrogen-bond donors (Lipinski definition) is 0. The first kappa shape index (κ1) is 16.3. The molecule has 0 aliphatic heterocycles. The van der Waals surface area contributed by atoms with E-state index in [0.29, 0.717) is 22.0 Å². The van der Waals surface area contributed by atoms with Gasteiger partial charge in [-0.15, -0.1) is 11.8 Å². The maximum atomic E-state index is 13.1. The molecule has 24 heavy (non-hydrogen) atoms. The molecule has 0 saturated heterocycles. The maximum absolute atomic E-state index is 13.1. The van der Waals surface area contributed by atoms with Crippen LogP contribution in [0.25, 0.3) is 10.9 Å². The van der Waals surface area contributed by atoms with Crippen LogP contribution < -0.4 is 0 Å². The summed E-state index contributed by atoms with van der Waals surface area (Å²) in [5.41, 5.74) is 1.71. The number of benzene rings is 2. The second-order valence-electron chi connectivity index (χ2n) is 5.16. The van der Waals surface area contributed by atoms with Crippen molar-refractivity contribution >= 4 is 34.5 Å². The molecule has 3 aromatic rings. The molecule has 3 rings (SSSR count). The molecule has 0 bridgehead atoms. The van der Waals surface area contributed by atoms with E-state index in [-0.39, 0.29) is 5.91 Å². The Balaban J connectivity index is 2.16. The van der Waals surface area contributed by atoms with E-state index < -0.39 is 5.97 Å². The number of esters is 1. The van der Waals surface area contributed by atoms with E-state index in [1.807, 2.05) is 55.5 Å². The summed E-state index contributed by atoms with van der Waals surface area (Å²) in [5.74, 6) is 0.274. The summed E-state index contributed by atoms with van der Waals surface area (Å²) < 4.78 is 6.36. The summed E-state index contributed by atoms with van der Waals surface area (Å²) in [6.45, 7) is 2.05. The molecule has 4 nitrogen and oxygen atoms in total. The van der Waals surface area contributed by atoms with Crippen LogP contribution in [0.4, 0.5) is 0 Å². The number of methoxy groups -OCH3 is 1. The van der Waals surface area contributed by atoms with Gasteiger partial charge in [-0.25, -0.2) is 4.79 Å². The zero-order valence-corrected chi connectivity index (χ0v) is 14.3. The zero-order chi connectivity index (χ0) is 17.1. The Morgan fingerprint density at radius 2 is 1.75 bits per heavy atom. The van der Waals surface area contributed by atoms with Crippen LogP contribution in [0.3, 0.4) is 0 Å². The third kappa shape index (κ3) is 2.83. The van der Waals surface area contributed by atoms with Crippen molar-refractivity contribution in [3.63, 3.8) is 0 Å². The van der Waals surface area contributed by atoms with Crippen molar-refractivity contribution in [2.45, 2.75) is 11.8 Å². The molecule has 0 fully saturated rings. The molecule has 0 atom stereocenters. The molecule has 0 spiro atoms. The largest absolute Gasteiger partial charge is 0.465 e. The van der Waals surface area contributed by atoms with Crippen LogP contribution >= 0.6 is 11.8 Å². The van der Waals surface area contributed by atoms with Gasteiger partial charge in [-0.05, 0) is 24.0 Å². The predicted molar refractivity (Wildman–Crippen MR) is 95.8 cm³/mol. The first-order valence-corrected chi connectivity index (χ1v) is 8.60. The van der Waals surface area contributed by atoms with Crippen LogP contribution in [0.1, 0.15) is 27.6 Å². The van der Waals surface area contributed by atoms with E-state index in [2.05, 4.69) is 0 Å². The Bertz CT molecular complexity index is 914. The summed E-state index contributed by atoms with van der Waals surface area (Å²) in [4.78, 5) is 26.0. The third-order valence-corrected chi connectivity index (χ3v) is 4.71. The number of carbonyl (C=O) groups is 2. The van der Waals surface area contributed by atoms with Gasteiger partial charge in [-0.3, -0.25) is 9.36 Å². The van der Waals surface area contributed by atoms with E-state index in [9.17, 15) is 9.59 Å². The van der Waals surface area contributed by atoms with Crippen molar-refractivity contribution in [2.24, 2.45) is 0 Å². The lowest BCUT2D eigenvalue weighted by atomic mass is 10.2. The Kier molecular flexibility index (Phi) is 4.71. The van der Waals surface area contributed by atoms with Crippen LogP contribution in [0.2, 0.25) is 0 Å². The molecule has 2 aromatic carbocycles. The van der Waals surface area contributed by atoms with Crippen molar-refractivity contribution in [1.29, 1.82) is 0 Å². The number of para-hydroxylation sites is 1. The molecule has 0 aliphatic rings. The average molecular weight is 339 g/mol. The minimum absolute atomic E-state index is 0.155. The summed E-state index contributed by atoms with van der Waals surface area (Å²) >= 11 is 1.62. The second kappa shape index (κ2) is 6.93. The Morgan fingerprint density at radius 3 is 2.50 bits per heavy atom. The van der Waals surface area contributed by atoms with Gasteiger partial charge in [0.25, 0.3) is 5.91 Å². The summed E-state index contributed by atoms with van der Waals surface area (Å²) in [7, 11) is 1.34. The summed E-state index contributed by atoms with van der Waals surface area (Å²) in [6.07, 6.45) is 1.56. The zero-order valence-electron chi connectivity index (χ0n) is 13.5. The quantitative estimate of drug-likeness (QED) is 0.527. The number of thioether (sulfide) groups is 1. The van der Waals surface area contributed by atoms with Crippen molar-refractivity contribution < 1.29 is 14.3 Å². The monoisotopic (exact) mass is 339 g/mol. The van der Waals surface area contributed by atoms with Gasteiger partial charge < -0.3 is 4.74 Å². The average Bonchev–Trinajstić information content (AvgIpc) is 3.01. The predicted octanol–water partition coefficient (Wildman–Crippen LogP) is 4.23. The van der Waals surface area contributed by atoms with Crippen LogP contribution in [0, 0.1) is 0 Å². The molecule has 0 N–H and O–H groups in total. The van der Waals surface area contributed by atoms with E-state index in [0.717, 1.165) is 10.6 Å². The molecule has 0 unspecified atom stereocenters. The minimum atomic E-state index is -0.450. The lowest BCUT2D eigenvalue weighted by Crippen LogP contribution is -2.12. The summed E-state index contributed by atoms with van der Waals surface area (Å²) in [6, 6.07) is 14.8. The molecule has 122 valence electrons. The van der Waals surface area contributed by atoms with Crippen LogP contribution in [-0.4, -0.2) is 29.3 Å². The SMILES string of the molecule is CCSc1ccccc1C(=O)n1cc(C(=O)OC)c2ccccc21. The summed E-state index contributed by atoms with van der Waals surface area (Å²) in [5, 5.41) is 0.707. The third-order valence-electron chi connectivity index (χ3n) is 3.75. The molecule has 0 saturated carbocycles. The minimum Gasteiger partial charge on any atom is -0.465 e. The number of ether oxygens (including phenoxy) is 1. The highest BCUT2D eigenvalue weighted by atomic mass is 32.2. The maximum Gasteiger partial charge on any atom is 0.340 e.